The van der Waals surface area contributed by atoms with Crippen LogP contribution in [0.15, 0.2) is 24.5 Å². The highest BCUT2D eigenvalue weighted by atomic mass is 16.5. The third kappa shape index (κ3) is 4.08. The number of carbonyl (C=O) groups is 2. The molecule has 0 radical (unpaired) electrons. The minimum absolute atomic E-state index is 0.185. The molecule has 0 saturated heterocycles. The van der Waals surface area contributed by atoms with Crippen LogP contribution in [0.3, 0.4) is 0 Å². The summed E-state index contributed by atoms with van der Waals surface area (Å²) in [4.78, 5) is 26.3. The summed E-state index contributed by atoms with van der Waals surface area (Å²) in [7, 11) is 0. The van der Waals surface area contributed by atoms with Crippen LogP contribution in [-0.4, -0.2) is 30.0 Å². The second kappa shape index (κ2) is 6.55. The van der Waals surface area contributed by atoms with Crippen molar-refractivity contribution >= 4 is 11.9 Å². The summed E-state index contributed by atoms with van der Waals surface area (Å²) in [5, 5.41) is 2.62. The summed E-state index contributed by atoms with van der Waals surface area (Å²) in [6.07, 6.45) is 3.27. The average Bonchev–Trinajstić information content (AvgIpc) is 2.30. The predicted molar refractivity (Wildman–Crippen MR) is 57.8 cm³/mol. The van der Waals surface area contributed by atoms with E-state index in [0.717, 1.165) is 0 Å². The molecule has 0 aliphatic carbocycles. The third-order valence-corrected chi connectivity index (χ3v) is 1.86. The summed E-state index contributed by atoms with van der Waals surface area (Å²) < 4.78 is 4.73. The smallest absolute Gasteiger partial charge is 0.307 e. The molecule has 1 rings (SSSR count). The number of pyridine rings is 1. The van der Waals surface area contributed by atoms with Crippen LogP contribution in [0.2, 0.25) is 0 Å². The van der Waals surface area contributed by atoms with Crippen molar-refractivity contribution in [1.82, 2.24) is 10.3 Å². The second-order valence-corrected chi connectivity index (χ2v) is 3.05. The Hall–Kier alpha value is -1.91. The van der Waals surface area contributed by atoms with E-state index in [1.54, 1.807) is 31.5 Å². The Balaban J connectivity index is 2.29. The molecule has 0 atom stereocenters. The molecule has 1 N–H and O–H groups in total. The van der Waals surface area contributed by atoms with Crippen LogP contribution in [0.4, 0.5) is 0 Å². The van der Waals surface area contributed by atoms with E-state index in [-0.39, 0.29) is 24.8 Å². The SMILES string of the molecule is CCOC(=O)CCNC(=O)c1ccncc1. The molecule has 0 spiro atoms. The van der Waals surface area contributed by atoms with Crippen LogP contribution in [-0.2, 0) is 9.53 Å². The number of nitrogens with one attached hydrogen (secondary N) is 1. The molecule has 5 nitrogen and oxygen atoms in total. The van der Waals surface area contributed by atoms with Gasteiger partial charge in [0.15, 0.2) is 0 Å². The summed E-state index contributed by atoms with van der Waals surface area (Å²) >= 11 is 0. The molecule has 1 aromatic rings. The van der Waals surface area contributed by atoms with Crippen molar-refractivity contribution in [2.24, 2.45) is 0 Å². The summed E-state index contributed by atoms with van der Waals surface area (Å²) in [5.41, 5.74) is 0.527. The van der Waals surface area contributed by atoms with Gasteiger partial charge < -0.3 is 10.1 Å². The van der Waals surface area contributed by atoms with Crippen LogP contribution in [0, 0.1) is 0 Å². The zero-order valence-electron chi connectivity index (χ0n) is 9.10. The lowest BCUT2D eigenvalue weighted by Crippen LogP contribution is -2.26. The van der Waals surface area contributed by atoms with Gasteiger partial charge in [0.05, 0.1) is 13.0 Å². The van der Waals surface area contributed by atoms with E-state index >= 15 is 0 Å². The minimum atomic E-state index is -0.308. The number of hydrogen-bond acceptors (Lipinski definition) is 4. The molecule has 0 saturated carbocycles. The average molecular weight is 222 g/mol. The van der Waals surface area contributed by atoms with Gasteiger partial charge >= 0.3 is 5.97 Å². The minimum Gasteiger partial charge on any atom is -0.466 e. The number of rotatable bonds is 5. The molecule has 1 heterocycles. The Morgan fingerprint density at radius 2 is 2.06 bits per heavy atom. The van der Waals surface area contributed by atoms with Gasteiger partial charge in [0.25, 0.3) is 5.91 Å². The first-order chi connectivity index (χ1) is 7.74. The van der Waals surface area contributed by atoms with Gasteiger partial charge in [0.1, 0.15) is 0 Å². The first kappa shape index (κ1) is 12.2. The van der Waals surface area contributed by atoms with E-state index in [0.29, 0.717) is 12.2 Å². The number of esters is 1. The molecular weight excluding hydrogens is 208 g/mol. The van der Waals surface area contributed by atoms with Crippen LogP contribution in [0.25, 0.3) is 0 Å². The number of hydrogen-bond donors (Lipinski definition) is 1. The van der Waals surface area contributed by atoms with Crippen molar-refractivity contribution in [3.8, 4) is 0 Å². The van der Waals surface area contributed by atoms with Gasteiger partial charge in [-0.05, 0) is 19.1 Å². The highest BCUT2D eigenvalue weighted by Gasteiger charge is 2.05. The zero-order valence-corrected chi connectivity index (χ0v) is 9.10. The van der Waals surface area contributed by atoms with Crippen LogP contribution >= 0.6 is 0 Å². The molecular formula is C11H14N2O3. The Bertz CT molecular complexity index is 352. The molecule has 0 unspecified atom stereocenters. The van der Waals surface area contributed by atoms with Gasteiger partial charge in [-0.2, -0.15) is 0 Å². The van der Waals surface area contributed by atoms with E-state index in [1.165, 1.54) is 0 Å². The Kier molecular flexibility index (Phi) is 4.98. The van der Waals surface area contributed by atoms with Gasteiger partial charge in [0.2, 0.25) is 0 Å². The highest BCUT2D eigenvalue weighted by Crippen LogP contribution is 1.95. The van der Waals surface area contributed by atoms with E-state index in [1.807, 2.05) is 0 Å². The van der Waals surface area contributed by atoms with Crippen molar-refractivity contribution in [2.45, 2.75) is 13.3 Å². The lowest BCUT2D eigenvalue weighted by Gasteiger charge is -2.04. The lowest BCUT2D eigenvalue weighted by molar-refractivity contribution is -0.142. The molecule has 0 aliphatic heterocycles. The Morgan fingerprint density at radius 3 is 2.69 bits per heavy atom. The first-order valence-electron chi connectivity index (χ1n) is 5.08. The number of aromatic nitrogens is 1. The monoisotopic (exact) mass is 222 g/mol. The molecule has 0 aliphatic rings. The number of ether oxygens (including phenoxy) is 1. The number of amides is 1. The topological polar surface area (TPSA) is 68.3 Å². The quantitative estimate of drug-likeness (QED) is 0.747. The fraction of sp³-hybridized carbons (Fsp3) is 0.364. The zero-order chi connectivity index (χ0) is 11.8. The number of nitrogens with zero attached hydrogens (tertiary/aromatic N) is 1. The fourth-order valence-electron chi connectivity index (χ4n) is 1.12. The molecule has 16 heavy (non-hydrogen) atoms. The van der Waals surface area contributed by atoms with Crippen molar-refractivity contribution < 1.29 is 14.3 Å². The van der Waals surface area contributed by atoms with Crippen LogP contribution in [0.1, 0.15) is 23.7 Å². The van der Waals surface area contributed by atoms with E-state index in [2.05, 4.69) is 10.3 Å². The normalized spacial score (nSPS) is 9.56. The van der Waals surface area contributed by atoms with Crippen molar-refractivity contribution in [3.05, 3.63) is 30.1 Å². The predicted octanol–water partition coefficient (Wildman–Crippen LogP) is 0.765. The molecule has 1 amide bonds. The lowest BCUT2D eigenvalue weighted by atomic mass is 10.2. The standard InChI is InChI=1S/C11H14N2O3/c1-2-16-10(14)5-8-13-11(15)9-3-6-12-7-4-9/h3-4,6-7H,2,5,8H2,1H3,(H,13,15). The Labute approximate surface area is 93.8 Å². The Morgan fingerprint density at radius 1 is 1.38 bits per heavy atom. The van der Waals surface area contributed by atoms with E-state index < -0.39 is 0 Å². The molecule has 0 bridgehead atoms. The maximum atomic E-state index is 11.5. The molecule has 5 heteroatoms. The molecule has 0 aromatic carbocycles. The summed E-state index contributed by atoms with van der Waals surface area (Å²) in [6, 6.07) is 3.22. The second-order valence-electron chi connectivity index (χ2n) is 3.05. The first-order valence-corrected chi connectivity index (χ1v) is 5.08. The van der Waals surface area contributed by atoms with E-state index in [4.69, 9.17) is 4.74 Å². The van der Waals surface area contributed by atoms with Crippen molar-refractivity contribution in [2.75, 3.05) is 13.2 Å². The van der Waals surface area contributed by atoms with Gasteiger partial charge in [-0.25, -0.2) is 0 Å². The van der Waals surface area contributed by atoms with Crippen molar-refractivity contribution in [1.29, 1.82) is 0 Å². The molecule has 86 valence electrons. The maximum absolute atomic E-state index is 11.5. The third-order valence-electron chi connectivity index (χ3n) is 1.86. The van der Waals surface area contributed by atoms with E-state index in [9.17, 15) is 9.59 Å². The largest absolute Gasteiger partial charge is 0.466 e. The summed E-state index contributed by atoms with van der Waals surface area (Å²) in [6.45, 7) is 2.38. The van der Waals surface area contributed by atoms with Gasteiger partial charge in [-0.3, -0.25) is 14.6 Å². The fourth-order valence-corrected chi connectivity index (χ4v) is 1.12. The van der Waals surface area contributed by atoms with Gasteiger partial charge in [-0.15, -0.1) is 0 Å². The van der Waals surface area contributed by atoms with Crippen LogP contribution < -0.4 is 5.32 Å². The highest BCUT2D eigenvalue weighted by molar-refractivity contribution is 5.94. The van der Waals surface area contributed by atoms with Crippen molar-refractivity contribution in [3.63, 3.8) is 0 Å². The summed E-state index contributed by atoms with van der Waals surface area (Å²) in [5.74, 6) is -0.524. The molecule has 1 aromatic heterocycles. The van der Waals surface area contributed by atoms with Gasteiger partial charge in [-0.1, -0.05) is 0 Å². The molecule has 0 fully saturated rings. The maximum Gasteiger partial charge on any atom is 0.307 e. The van der Waals surface area contributed by atoms with Gasteiger partial charge in [0, 0.05) is 24.5 Å². The van der Waals surface area contributed by atoms with Crippen LogP contribution in [0.5, 0.6) is 0 Å². The number of carbonyl (C=O) groups excluding carboxylic acids is 2.